The van der Waals surface area contributed by atoms with Gasteiger partial charge in [0.25, 0.3) is 0 Å². The summed E-state index contributed by atoms with van der Waals surface area (Å²) in [4.78, 5) is 2.21. The van der Waals surface area contributed by atoms with Crippen LogP contribution < -0.4 is 4.74 Å². The summed E-state index contributed by atoms with van der Waals surface area (Å²) in [5, 5.41) is 1.16. The summed E-state index contributed by atoms with van der Waals surface area (Å²) in [5.74, 6) is 0.596. The number of ether oxygens (including phenoxy) is 1. The van der Waals surface area contributed by atoms with Gasteiger partial charge in [-0.1, -0.05) is 12.1 Å². The summed E-state index contributed by atoms with van der Waals surface area (Å²) in [6.07, 6.45) is 2.12. The molecule has 0 aliphatic rings. The minimum Gasteiger partial charge on any atom is -0.489 e. The highest BCUT2D eigenvalue weighted by Crippen LogP contribution is 2.23. The average molecular weight is 326 g/mol. The van der Waals surface area contributed by atoms with E-state index >= 15 is 0 Å². The van der Waals surface area contributed by atoms with E-state index in [-0.39, 0.29) is 5.82 Å². The van der Waals surface area contributed by atoms with Crippen LogP contribution in [0.2, 0.25) is 0 Å². The predicted octanol–water partition coefficient (Wildman–Crippen LogP) is 4.31. The summed E-state index contributed by atoms with van der Waals surface area (Å²) >= 11 is 0. The van der Waals surface area contributed by atoms with Gasteiger partial charge in [0.15, 0.2) is 0 Å². The van der Waals surface area contributed by atoms with E-state index in [2.05, 4.69) is 54.9 Å². The van der Waals surface area contributed by atoms with Gasteiger partial charge in [0, 0.05) is 29.7 Å². The number of nitrogens with zero attached hydrogens (tertiary/aromatic N) is 2. The maximum Gasteiger partial charge on any atom is 0.123 e. The lowest BCUT2D eigenvalue weighted by atomic mass is 10.2. The number of hydrogen-bond acceptors (Lipinski definition) is 2. The van der Waals surface area contributed by atoms with Gasteiger partial charge in [-0.25, -0.2) is 4.39 Å². The van der Waals surface area contributed by atoms with E-state index in [4.69, 9.17) is 4.74 Å². The molecule has 0 aliphatic carbocycles. The standard InChI is InChI=1S/C20H23FN2O/c1-15(22(2)3)13-23-11-10-17-12-19(8-9-20(17)23)24-14-16-4-6-18(21)7-5-16/h4-12,15H,13-14H2,1-3H3. The molecule has 3 nitrogen and oxygen atoms in total. The lowest BCUT2D eigenvalue weighted by Gasteiger charge is -2.20. The Kier molecular flexibility index (Phi) is 4.86. The zero-order chi connectivity index (χ0) is 17.1. The Balaban J connectivity index is 1.71. The molecule has 2 aromatic carbocycles. The number of halogens is 1. The van der Waals surface area contributed by atoms with E-state index < -0.39 is 0 Å². The maximum atomic E-state index is 12.9. The second-order valence-electron chi connectivity index (χ2n) is 6.42. The van der Waals surface area contributed by atoms with E-state index in [9.17, 15) is 4.39 Å². The molecule has 24 heavy (non-hydrogen) atoms. The fourth-order valence-electron chi connectivity index (χ4n) is 2.62. The van der Waals surface area contributed by atoms with Gasteiger partial charge in [0.1, 0.15) is 18.2 Å². The topological polar surface area (TPSA) is 17.4 Å². The Morgan fingerprint density at radius 2 is 1.83 bits per heavy atom. The largest absolute Gasteiger partial charge is 0.489 e. The van der Waals surface area contributed by atoms with Gasteiger partial charge in [-0.3, -0.25) is 0 Å². The third-order valence-electron chi connectivity index (χ3n) is 4.40. The van der Waals surface area contributed by atoms with Crippen LogP contribution >= 0.6 is 0 Å². The van der Waals surface area contributed by atoms with Crippen LogP contribution in [-0.2, 0) is 13.2 Å². The molecule has 4 heteroatoms. The lowest BCUT2D eigenvalue weighted by molar-refractivity contribution is 0.286. The Bertz CT molecular complexity index is 808. The first-order chi connectivity index (χ1) is 11.5. The van der Waals surface area contributed by atoms with Crippen molar-refractivity contribution in [3.05, 3.63) is 66.1 Å². The fraction of sp³-hybridized carbons (Fsp3) is 0.300. The number of hydrogen-bond donors (Lipinski definition) is 0. The van der Waals surface area contributed by atoms with Crippen LogP contribution in [0.1, 0.15) is 12.5 Å². The number of rotatable bonds is 6. The molecule has 0 saturated carbocycles. The first kappa shape index (κ1) is 16.5. The van der Waals surface area contributed by atoms with Crippen molar-refractivity contribution in [1.29, 1.82) is 0 Å². The molecule has 0 spiro atoms. The third-order valence-corrected chi connectivity index (χ3v) is 4.40. The van der Waals surface area contributed by atoms with Crippen LogP contribution in [-0.4, -0.2) is 29.6 Å². The van der Waals surface area contributed by atoms with Crippen LogP contribution in [0, 0.1) is 5.82 Å². The van der Waals surface area contributed by atoms with Gasteiger partial charge < -0.3 is 14.2 Å². The Hall–Kier alpha value is -2.33. The maximum absolute atomic E-state index is 12.9. The first-order valence-electron chi connectivity index (χ1n) is 8.15. The lowest BCUT2D eigenvalue weighted by Crippen LogP contribution is -2.28. The summed E-state index contributed by atoms with van der Waals surface area (Å²) in [6.45, 7) is 3.60. The van der Waals surface area contributed by atoms with Gasteiger partial charge in [-0.2, -0.15) is 0 Å². The van der Waals surface area contributed by atoms with Crippen molar-refractivity contribution in [3.8, 4) is 5.75 Å². The quantitative estimate of drug-likeness (QED) is 0.671. The van der Waals surface area contributed by atoms with Crippen LogP contribution in [0.3, 0.4) is 0 Å². The van der Waals surface area contributed by atoms with Crippen molar-refractivity contribution >= 4 is 10.9 Å². The second-order valence-corrected chi connectivity index (χ2v) is 6.42. The molecule has 3 aromatic rings. The van der Waals surface area contributed by atoms with Crippen LogP contribution in [0.4, 0.5) is 4.39 Å². The zero-order valence-corrected chi connectivity index (χ0v) is 14.4. The zero-order valence-electron chi connectivity index (χ0n) is 14.4. The number of likely N-dealkylation sites (N-methyl/N-ethyl adjacent to an activating group) is 1. The molecule has 0 N–H and O–H groups in total. The van der Waals surface area contributed by atoms with E-state index in [1.807, 2.05) is 6.07 Å². The number of benzene rings is 2. The van der Waals surface area contributed by atoms with Crippen LogP contribution in [0.5, 0.6) is 5.75 Å². The van der Waals surface area contributed by atoms with E-state index in [0.29, 0.717) is 12.6 Å². The summed E-state index contributed by atoms with van der Waals surface area (Å²) in [6, 6.07) is 15.1. The Morgan fingerprint density at radius 3 is 2.54 bits per heavy atom. The van der Waals surface area contributed by atoms with Gasteiger partial charge in [-0.15, -0.1) is 0 Å². The molecule has 0 radical (unpaired) electrons. The summed E-state index contributed by atoms with van der Waals surface area (Å²) < 4.78 is 21.0. The fourth-order valence-corrected chi connectivity index (χ4v) is 2.62. The second kappa shape index (κ2) is 7.05. The highest BCUT2D eigenvalue weighted by Gasteiger charge is 2.08. The van der Waals surface area contributed by atoms with Crippen molar-refractivity contribution in [2.24, 2.45) is 0 Å². The van der Waals surface area contributed by atoms with E-state index in [1.54, 1.807) is 12.1 Å². The third kappa shape index (κ3) is 3.77. The molecule has 1 heterocycles. The van der Waals surface area contributed by atoms with Crippen LogP contribution in [0.25, 0.3) is 10.9 Å². The van der Waals surface area contributed by atoms with Gasteiger partial charge in [0.05, 0.1) is 0 Å². The average Bonchev–Trinajstić information content (AvgIpc) is 2.96. The van der Waals surface area contributed by atoms with Gasteiger partial charge in [0.2, 0.25) is 0 Å². The molecule has 0 amide bonds. The number of fused-ring (bicyclic) bond motifs is 1. The minimum atomic E-state index is -0.228. The predicted molar refractivity (Wildman–Crippen MR) is 95.8 cm³/mol. The molecule has 0 fully saturated rings. The molecule has 1 aromatic heterocycles. The van der Waals surface area contributed by atoms with Gasteiger partial charge in [-0.05, 0) is 63.0 Å². The Morgan fingerprint density at radius 1 is 1.08 bits per heavy atom. The molecule has 3 rings (SSSR count). The van der Waals surface area contributed by atoms with E-state index in [1.165, 1.54) is 17.6 Å². The normalized spacial score (nSPS) is 12.7. The smallest absolute Gasteiger partial charge is 0.123 e. The van der Waals surface area contributed by atoms with Gasteiger partial charge >= 0.3 is 0 Å². The SMILES string of the molecule is CC(Cn1ccc2cc(OCc3ccc(F)cc3)ccc21)N(C)C. The van der Waals surface area contributed by atoms with Crippen molar-refractivity contribution in [3.63, 3.8) is 0 Å². The van der Waals surface area contributed by atoms with Crippen molar-refractivity contribution in [2.75, 3.05) is 14.1 Å². The van der Waals surface area contributed by atoms with Crippen LogP contribution in [0.15, 0.2) is 54.7 Å². The molecular weight excluding hydrogens is 303 g/mol. The highest BCUT2D eigenvalue weighted by molar-refractivity contribution is 5.81. The summed E-state index contributed by atoms with van der Waals surface area (Å²) in [7, 11) is 4.19. The molecule has 0 bridgehead atoms. The molecular formula is C20H23FN2O. The number of aromatic nitrogens is 1. The van der Waals surface area contributed by atoms with Crippen molar-refractivity contribution < 1.29 is 9.13 Å². The Labute approximate surface area is 142 Å². The minimum absolute atomic E-state index is 0.228. The highest BCUT2D eigenvalue weighted by atomic mass is 19.1. The molecule has 1 unspecified atom stereocenters. The molecule has 0 aliphatic heterocycles. The van der Waals surface area contributed by atoms with Crippen molar-refractivity contribution in [1.82, 2.24) is 9.47 Å². The molecule has 126 valence electrons. The molecule has 1 atom stereocenters. The van der Waals surface area contributed by atoms with Crippen molar-refractivity contribution in [2.45, 2.75) is 26.1 Å². The summed E-state index contributed by atoms with van der Waals surface area (Å²) in [5.41, 5.74) is 2.16. The first-order valence-corrected chi connectivity index (χ1v) is 8.15. The molecule has 0 saturated heterocycles. The van der Waals surface area contributed by atoms with E-state index in [0.717, 1.165) is 23.2 Å². The monoisotopic (exact) mass is 326 g/mol.